The Labute approximate surface area is 95.2 Å². The van der Waals surface area contributed by atoms with Gasteiger partial charge >= 0.3 is 7.75 Å². The van der Waals surface area contributed by atoms with Crippen LogP contribution >= 0.6 is 7.75 Å². The molecular formula is C9H18N3O3P. The van der Waals surface area contributed by atoms with E-state index in [1.165, 1.54) is 0 Å². The van der Waals surface area contributed by atoms with E-state index in [9.17, 15) is 4.57 Å². The highest BCUT2D eigenvalue weighted by Crippen LogP contribution is 2.37. The fourth-order valence-electron chi connectivity index (χ4n) is 2.28. The highest BCUT2D eigenvalue weighted by molar-refractivity contribution is 7.50. The summed E-state index contributed by atoms with van der Waals surface area (Å²) in [5.41, 5.74) is 0. The third-order valence-corrected chi connectivity index (χ3v) is 3.44. The molecule has 6 nitrogen and oxygen atoms in total. The lowest BCUT2D eigenvalue weighted by Crippen LogP contribution is -2.41. The molecule has 0 unspecified atom stereocenters. The second-order valence-corrected chi connectivity index (χ2v) is 5.53. The van der Waals surface area contributed by atoms with Crippen LogP contribution in [0.15, 0.2) is 4.76 Å². The molecule has 0 aromatic heterocycles. The summed E-state index contributed by atoms with van der Waals surface area (Å²) in [6.45, 7) is 3.43. The van der Waals surface area contributed by atoms with Gasteiger partial charge in [0.15, 0.2) is 0 Å². The first-order valence-electron chi connectivity index (χ1n) is 5.72. The molecule has 2 fully saturated rings. The van der Waals surface area contributed by atoms with Crippen LogP contribution in [0.3, 0.4) is 0 Å². The maximum absolute atomic E-state index is 11.0. The van der Waals surface area contributed by atoms with E-state index in [4.69, 9.17) is 9.79 Å². The van der Waals surface area contributed by atoms with Crippen molar-refractivity contribution in [2.75, 3.05) is 26.2 Å². The lowest BCUT2D eigenvalue weighted by molar-refractivity contribution is 0.363. The summed E-state index contributed by atoms with van der Waals surface area (Å²) in [5, 5.41) is 0. The molecule has 0 aliphatic carbocycles. The number of rotatable bonds is 1. The van der Waals surface area contributed by atoms with Gasteiger partial charge in [0.05, 0.1) is 0 Å². The van der Waals surface area contributed by atoms with Crippen LogP contribution in [0.5, 0.6) is 0 Å². The SMILES string of the molecule is O=P(O)(O)N=C(N1CCCC1)N1CCCC1. The zero-order chi connectivity index (χ0) is 11.6. The molecule has 0 atom stereocenters. The molecule has 0 spiro atoms. The summed E-state index contributed by atoms with van der Waals surface area (Å²) in [4.78, 5) is 21.9. The molecule has 2 N–H and O–H groups in total. The van der Waals surface area contributed by atoms with Gasteiger partial charge < -0.3 is 19.6 Å². The molecule has 2 heterocycles. The van der Waals surface area contributed by atoms with Gasteiger partial charge in [0, 0.05) is 26.2 Å². The summed E-state index contributed by atoms with van der Waals surface area (Å²) in [6, 6.07) is 0. The lowest BCUT2D eigenvalue weighted by Gasteiger charge is -2.28. The van der Waals surface area contributed by atoms with Crippen LogP contribution in [-0.2, 0) is 4.57 Å². The molecule has 0 saturated carbocycles. The van der Waals surface area contributed by atoms with Crippen molar-refractivity contribution in [3.8, 4) is 0 Å². The monoisotopic (exact) mass is 247 g/mol. The smallest absolute Gasteiger partial charge is 0.342 e. The fourth-order valence-corrected chi connectivity index (χ4v) is 2.76. The minimum atomic E-state index is -4.32. The normalized spacial score (nSPS) is 21.6. The third kappa shape index (κ3) is 2.97. The third-order valence-electron chi connectivity index (χ3n) is 3.00. The molecule has 92 valence electrons. The highest BCUT2D eigenvalue weighted by atomic mass is 31.2. The van der Waals surface area contributed by atoms with Crippen LogP contribution < -0.4 is 0 Å². The topological polar surface area (TPSA) is 76.4 Å². The second-order valence-electron chi connectivity index (χ2n) is 4.30. The van der Waals surface area contributed by atoms with Crippen LogP contribution in [-0.4, -0.2) is 51.7 Å². The van der Waals surface area contributed by atoms with Crippen LogP contribution in [0.1, 0.15) is 25.7 Å². The summed E-state index contributed by atoms with van der Waals surface area (Å²) >= 11 is 0. The maximum atomic E-state index is 11.0. The van der Waals surface area contributed by atoms with E-state index in [-0.39, 0.29) is 0 Å². The molecule has 2 aliphatic heterocycles. The number of hydrogen-bond donors (Lipinski definition) is 2. The average molecular weight is 247 g/mol. The van der Waals surface area contributed by atoms with E-state index in [0.29, 0.717) is 5.96 Å². The van der Waals surface area contributed by atoms with Crippen molar-refractivity contribution in [3.05, 3.63) is 0 Å². The summed E-state index contributed by atoms with van der Waals surface area (Å²) < 4.78 is 14.6. The van der Waals surface area contributed by atoms with Crippen molar-refractivity contribution < 1.29 is 14.4 Å². The molecule has 0 aromatic rings. The summed E-state index contributed by atoms with van der Waals surface area (Å²) in [7, 11) is -4.32. The first-order valence-corrected chi connectivity index (χ1v) is 7.28. The van der Waals surface area contributed by atoms with Crippen LogP contribution in [0.25, 0.3) is 0 Å². The van der Waals surface area contributed by atoms with E-state index in [2.05, 4.69) is 4.76 Å². The molecule has 2 rings (SSSR count). The Balaban J connectivity index is 2.17. The van der Waals surface area contributed by atoms with Gasteiger partial charge in [-0.2, -0.15) is 0 Å². The second kappa shape index (κ2) is 4.73. The zero-order valence-electron chi connectivity index (χ0n) is 9.25. The molecule has 16 heavy (non-hydrogen) atoms. The Morgan fingerprint density at radius 3 is 1.62 bits per heavy atom. The Morgan fingerprint density at radius 1 is 0.938 bits per heavy atom. The van der Waals surface area contributed by atoms with Gasteiger partial charge in [-0.15, -0.1) is 4.76 Å². The number of nitrogens with zero attached hydrogens (tertiary/aromatic N) is 3. The van der Waals surface area contributed by atoms with Gasteiger partial charge in [0.2, 0.25) is 5.96 Å². The standard InChI is InChI=1S/C9H18N3O3P/c13-16(14,15)10-9(11-5-1-2-6-11)12-7-3-4-8-12/h1-8H2,(H2,13,14,15). The Hall–Kier alpha value is -0.580. The predicted octanol–water partition coefficient (Wildman–Crippen LogP) is 0.627. The highest BCUT2D eigenvalue weighted by Gasteiger charge is 2.27. The molecule has 2 saturated heterocycles. The molecule has 0 bridgehead atoms. The Bertz CT molecular complexity index is 298. The first-order chi connectivity index (χ1) is 7.56. The average Bonchev–Trinajstić information content (AvgIpc) is 2.86. The number of hydrogen-bond acceptors (Lipinski definition) is 1. The van der Waals surface area contributed by atoms with Crippen molar-refractivity contribution in [2.45, 2.75) is 25.7 Å². The molecule has 7 heteroatoms. The molecule has 0 amide bonds. The van der Waals surface area contributed by atoms with Crippen LogP contribution in [0.2, 0.25) is 0 Å². The van der Waals surface area contributed by atoms with E-state index in [1.54, 1.807) is 0 Å². The van der Waals surface area contributed by atoms with Crippen molar-refractivity contribution in [3.63, 3.8) is 0 Å². The van der Waals surface area contributed by atoms with Crippen molar-refractivity contribution in [2.24, 2.45) is 4.76 Å². The molecule has 0 aromatic carbocycles. The Morgan fingerprint density at radius 2 is 1.31 bits per heavy atom. The van der Waals surface area contributed by atoms with Crippen molar-refractivity contribution >= 4 is 13.7 Å². The van der Waals surface area contributed by atoms with Gasteiger partial charge in [0.1, 0.15) is 0 Å². The largest absolute Gasteiger partial charge is 0.451 e. The van der Waals surface area contributed by atoms with Gasteiger partial charge in [-0.05, 0) is 25.7 Å². The van der Waals surface area contributed by atoms with E-state index < -0.39 is 7.75 Å². The van der Waals surface area contributed by atoms with Crippen LogP contribution in [0.4, 0.5) is 0 Å². The maximum Gasteiger partial charge on any atom is 0.451 e. The minimum Gasteiger partial charge on any atom is -0.342 e. The number of guanidine groups is 1. The van der Waals surface area contributed by atoms with Crippen molar-refractivity contribution in [1.29, 1.82) is 0 Å². The first kappa shape index (κ1) is 11.9. The molecule has 2 aliphatic rings. The quantitative estimate of drug-likeness (QED) is 0.403. The fraction of sp³-hybridized carbons (Fsp3) is 0.889. The summed E-state index contributed by atoms with van der Waals surface area (Å²) in [5.74, 6) is 0.503. The van der Waals surface area contributed by atoms with Crippen molar-refractivity contribution in [1.82, 2.24) is 9.80 Å². The summed E-state index contributed by atoms with van der Waals surface area (Å²) in [6.07, 6.45) is 4.31. The minimum absolute atomic E-state index is 0.503. The molecular weight excluding hydrogens is 229 g/mol. The van der Waals surface area contributed by atoms with E-state index in [1.807, 2.05) is 9.80 Å². The van der Waals surface area contributed by atoms with Gasteiger partial charge in [-0.25, -0.2) is 4.57 Å². The van der Waals surface area contributed by atoms with E-state index >= 15 is 0 Å². The Kier molecular flexibility index (Phi) is 3.52. The number of likely N-dealkylation sites (tertiary alicyclic amines) is 2. The van der Waals surface area contributed by atoms with E-state index in [0.717, 1.165) is 51.9 Å². The predicted molar refractivity (Wildman–Crippen MR) is 61.1 cm³/mol. The van der Waals surface area contributed by atoms with Gasteiger partial charge in [-0.3, -0.25) is 0 Å². The lowest BCUT2D eigenvalue weighted by atomic mass is 10.4. The van der Waals surface area contributed by atoms with Gasteiger partial charge in [0.25, 0.3) is 0 Å². The van der Waals surface area contributed by atoms with Gasteiger partial charge in [-0.1, -0.05) is 0 Å². The van der Waals surface area contributed by atoms with Crippen LogP contribution in [0, 0.1) is 0 Å². The zero-order valence-corrected chi connectivity index (χ0v) is 10.1. The molecule has 0 radical (unpaired) electrons.